The summed E-state index contributed by atoms with van der Waals surface area (Å²) >= 11 is 0. The van der Waals surface area contributed by atoms with Gasteiger partial charge in [-0.3, -0.25) is 19.4 Å². The normalized spacial score (nSPS) is 16.5. The molecule has 92 valence electrons. The fourth-order valence-corrected chi connectivity index (χ4v) is 1.53. The maximum Gasteiger partial charge on any atom is 0.334 e. The summed E-state index contributed by atoms with van der Waals surface area (Å²) in [6, 6.07) is -0.586. The van der Waals surface area contributed by atoms with Crippen LogP contribution in [0.5, 0.6) is 0 Å². The number of barbiturate groups is 1. The molecule has 17 heavy (non-hydrogen) atoms. The Morgan fingerprint density at radius 3 is 1.65 bits per heavy atom. The molecule has 4 amide bonds. The van der Waals surface area contributed by atoms with Crippen LogP contribution in [0.4, 0.5) is 4.79 Å². The van der Waals surface area contributed by atoms with Crippen LogP contribution in [0, 0.1) is 0 Å². The first-order valence-corrected chi connectivity index (χ1v) is 5.26. The molecule has 1 fully saturated rings. The summed E-state index contributed by atoms with van der Waals surface area (Å²) in [7, 11) is 0. The van der Waals surface area contributed by atoms with Crippen LogP contribution in [0.2, 0.25) is 0 Å². The first-order chi connectivity index (χ1) is 7.82. The maximum atomic E-state index is 11.9. The van der Waals surface area contributed by atoms with Crippen LogP contribution >= 0.6 is 0 Å². The van der Waals surface area contributed by atoms with Crippen molar-refractivity contribution < 1.29 is 14.4 Å². The van der Waals surface area contributed by atoms with Gasteiger partial charge >= 0.3 is 6.03 Å². The molecule has 0 aromatic rings. The molecule has 0 atom stereocenters. The fraction of sp³-hybridized carbons (Fsp3) is 0.417. The lowest BCUT2D eigenvalue weighted by atomic mass is 10.2. The van der Waals surface area contributed by atoms with Gasteiger partial charge in [0.2, 0.25) is 11.8 Å². The van der Waals surface area contributed by atoms with Crippen LogP contribution in [-0.4, -0.2) is 40.7 Å². The number of imide groups is 2. The van der Waals surface area contributed by atoms with Gasteiger partial charge in [-0.05, 0) is 13.8 Å². The zero-order chi connectivity index (χ0) is 13.2. The standard InChI is InChI=1S/C12H16N2O3/c1-8(2)6-13-10(15)5-11(16)14(12(13)17)7-9(3)4/h1,3,5-7H2,2,4H3. The van der Waals surface area contributed by atoms with Gasteiger partial charge in [0.05, 0.1) is 13.1 Å². The topological polar surface area (TPSA) is 57.7 Å². The summed E-state index contributed by atoms with van der Waals surface area (Å²) < 4.78 is 0. The molecule has 0 aromatic carbocycles. The van der Waals surface area contributed by atoms with Crippen molar-refractivity contribution in [3.8, 4) is 0 Å². The van der Waals surface area contributed by atoms with Gasteiger partial charge in [-0.1, -0.05) is 24.3 Å². The Bertz CT molecular complexity index is 376. The van der Waals surface area contributed by atoms with Gasteiger partial charge in [0.15, 0.2) is 0 Å². The molecule has 1 aliphatic heterocycles. The van der Waals surface area contributed by atoms with Crippen molar-refractivity contribution >= 4 is 17.8 Å². The van der Waals surface area contributed by atoms with Crippen LogP contribution in [0.3, 0.4) is 0 Å². The lowest BCUT2D eigenvalue weighted by molar-refractivity contribution is -0.141. The first kappa shape index (κ1) is 13.2. The molecule has 5 heteroatoms. The summed E-state index contributed by atoms with van der Waals surface area (Å²) in [5.41, 5.74) is 1.38. The summed E-state index contributed by atoms with van der Waals surface area (Å²) in [5.74, 6) is -0.943. The van der Waals surface area contributed by atoms with E-state index in [0.717, 1.165) is 9.80 Å². The molecule has 1 heterocycles. The lowest BCUT2D eigenvalue weighted by Crippen LogP contribution is -2.55. The predicted molar refractivity (Wildman–Crippen MR) is 63.1 cm³/mol. The van der Waals surface area contributed by atoms with Crippen LogP contribution in [-0.2, 0) is 9.59 Å². The summed E-state index contributed by atoms with van der Waals surface area (Å²) in [6.07, 6.45) is -0.272. The average molecular weight is 236 g/mol. The van der Waals surface area contributed by atoms with Gasteiger partial charge in [-0.15, -0.1) is 0 Å². The van der Waals surface area contributed by atoms with Crippen LogP contribution in [0.1, 0.15) is 20.3 Å². The van der Waals surface area contributed by atoms with Crippen molar-refractivity contribution in [2.24, 2.45) is 0 Å². The highest BCUT2D eigenvalue weighted by atomic mass is 16.2. The van der Waals surface area contributed by atoms with Crippen LogP contribution in [0.25, 0.3) is 0 Å². The number of carbonyl (C=O) groups is 3. The number of nitrogens with zero attached hydrogens (tertiary/aromatic N) is 2. The van der Waals surface area contributed by atoms with Gasteiger partial charge in [0.25, 0.3) is 0 Å². The second-order valence-corrected chi connectivity index (χ2v) is 4.33. The molecule has 0 N–H and O–H groups in total. The Balaban J connectivity index is 2.90. The first-order valence-electron chi connectivity index (χ1n) is 5.26. The molecule has 0 saturated carbocycles. The molecular formula is C12H16N2O3. The van der Waals surface area contributed by atoms with Gasteiger partial charge in [0.1, 0.15) is 6.42 Å². The summed E-state index contributed by atoms with van der Waals surface area (Å²) in [4.78, 5) is 37.2. The highest BCUT2D eigenvalue weighted by Crippen LogP contribution is 2.14. The minimum Gasteiger partial charge on any atom is -0.274 e. The third-order valence-electron chi connectivity index (χ3n) is 2.22. The van der Waals surface area contributed by atoms with E-state index in [-0.39, 0.29) is 19.5 Å². The summed E-state index contributed by atoms with van der Waals surface area (Å²) in [5, 5.41) is 0. The van der Waals surface area contributed by atoms with Crippen molar-refractivity contribution in [3.63, 3.8) is 0 Å². The molecule has 1 aliphatic rings. The van der Waals surface area contributed by atoms with Gasteiger partial charge < -0.3 is 0 Å². The molecule has 0 radical (unpaired) electrons. The molecule has 1 rings (SSSR count). The number of rotatable bonds is 4. The zero-order valence-electron chi connectivity index (χ0n) is 10.2. The second-order valence-electron chi connectivity index (χ2n) is 4.33. The minimum atomic E-state index is -0.586. The SMILES string of the molecule is C=C(C)CN1C(=O)CC(=O)N(CC(=C)C)C1=O. The van der Waals surface area contributed by atoms with Gasteiger partial charge in [0, 0.05) is 0 Å². The molecule has 0 aliphatic carbocycles. The van der Waals surface area contributed by atoms with E-state index in [0.29, 0.717) is 11.1 Å². The Hall–Kier alpha value is -1.91. The maximum absolute atomic E-state index is 11.9. The van der Waals surface area contributed by atoms with E-state index in [1.165, 1.54) is 0 Å². The predicted octanol–water partition coefficient (Wildman–Crippen LogP) is 1.32. The number of carbonyl (C=O) groups excluding carboxylic acids is 3. The van der Waals surface area contributed by atoms with Crippen LogP contribution in [0.15, 0.2) is 24.3 Å². The van der Waals surface area contributed by atoms with E-state index in [1.54, 1.807) is 13.8 Å². The average Bonchev–Trinajstić information content (AvgIpc) is 2.18. The van der Waals surface area contributed by atoms with Crippen molar-refractivity contribution in [1.82, 2.24) is 9.80 Å². The van der Waals surface area contributed by atoms with E-state index >= 15 is 0 Å². The fourth-order valence-electron chi connectivity index (χ4n) is 1.53. The zero-order valence-corrected chi connectivity index (χ0v) is 10.2. The quantitative estimate of drug-likeness (QED) is 0.546. The minimum absolute atomic E-state index is 0.150. The number of hydrogen-bond donors (Lipinski definition) is 0. The second kappa shape index (κ2) is 4.95. The Morgan fingerprint density at radius 1 is 1.00 bits per heavy atom. The van der Waals surface area contributed by atoms with Gasteiger partial charge in [-0.25, -0.2) is 4.79 Å². The van der Waals surface area contributed by atoms with E-state index < -0.39 is 17.8 Å². The Morgan fingerprint density at radius 2 is 1.35 bits per heavy atom. The lowest BCUT2D eigenvalue weighted by Gasteiger charge is -2.32. The van der Waals surface area contributed by atoms with Gasteiger partial charge in [-0.2, -0.15) is 0 Å². The molecule has 0 unspecified atom stereocenters. The monoisotopic (exact) mass is 236 g/mol. The van der Waals surface area contributed by atoms with Crippen molar-refractivity contribution in [1.29, 1.82) is 0 Å². The van der Waals surface area contributed by atoms with E-state index in [2.05, 4.69) is 13.2 Å². The highest BCUT2D eigenvalue weighted by molar-refractivity contribution is 6.14. The molecule has 1 saturated heterocycles. The van der Waals surface area contributed by atoms with Crippen molar-refractivity contribution in [3.05, 3.63) is 24.3 Å². The molecule has 5 nitrogen and oxygen atoms in total. The third-order valence-corrected chi connectivity index (χ3v) is 2.22. The summed E-state index contributed by atoms with van der Waals surface area (Å²) in [6.45, 7) is 11.1. The van der Waals surface area contributed by atoms with E-state index in [4.69, 9.17) is 0 Å². The molecular weight excluding hydrogens is 220 g/mol. The highest BCUT2D eigenvalue weighted by Gasteiger charge is 2.37. The Labute approximate surface area is 100 Å². The number of hydrogen-bond acceptors (Lipinski definition) is 3. The largest absolute Gasteiger partial charge is 0.334 e. The van der Waals surface area contributed by atoms with Crippen molar-refractivity contribution in [2.45, 2.75) is 20.3 Å². The van der Waals surface area contributed by atoms with Crippen molar-refractivity contribution in [2.75, 3.05) is 13.1 Å². The number of amides is 4. The Kier molecular flexibility index (Phi) is 3.83. The molecule has 0 spiro atoms. The molecule has 0 aromatic heterocycles. The van der Waals surface area contributed by atoms with E-state index in [1.807, 2.05) is 0 Å². The third kappa shape index (κ3) is 3.03. The number of urea groups is 1. The van der Waals surface area contributed by atoms with Crippen LogP contribution < -0.4 is 0 Å². The van der Waals surface area contributed by atoms with E-state index in [9.17, 15) is 14.4 Å². The smallest absolute Gasteiger partial charge is 0.274 e. The molecule has 0 bridgehead atoms.